The van der Waals surface area contributed by atoms with E-state index in [0.29, 0.717) is 5.78 Å². The first-order valence-corrected chi connectivity index (χ1v) is 5.37. The van der Waals surface area contributed by atoms with Gasteiger partial charge in [-0.2, -0.15) is 0 Å². The highest BCUT2D eigenvalue weighted by Gasteiger charge is 2.08. The Morgan fingerprint density at radius 3 is 2.46 bits per heavy atom. The minimum Gasteiger partial charge on any atom is -0.300 e. The normalized spacial score (nSPS) is 13.5. The Bertz CT molecular complexity index is 159. The molecule has 0 saturated heterocycles. The molecule has 13 heavy (non-hydrogen) atoms. The number of carbonyl (C=O) groups is 1. The summed E-state index contributed by atoms with van der Waals surface area (Å²) in [6, 6.07) is 0. The fourth-order valence-corrected chi connectivity index (χ4v) is 1.32. The van der Waals surface area contributed by atoms with E-state index in [1.54, 1.807) is 6.92 Å². The van der Waals surface area contributed by atoms with Crippen LogP contribution in [-0.4, -0.2) is 5.78 Å². The zero-order chi connectivity index (χ0) is 10.1. The summed E-state index contributed by atoms with van der Waals surface area (Å²) in [7, 11) is 0. The number of unbranched alkanes of at least 4 members (excludes halogenated alkanes) is 2. The molecule has 0 radical (unpaired) electrons. The summed E-state index contributed by atoms with van der Waals surface area (Å²) in [5, 5.41) is 0. The van der Waals surface area contributed by atoms with Crippen LogP contribution in [-0.2, 0) is 4.79 Å². The van der Waals surface area contributed by atoms with Crippen LogP contribution in [0.15, 0.2) is 12.2 Å². The number of hydrogen-bond donors (Lipinski definition) is 0. The van der Waals surface area contributed by atoms with Crippen LogP contribution >= 0.6 is 0 Å². The van der Waals surface area contributed by atoms with Crippen LogP contribution in [0.5, 0.6) is 0 Å². The minimum absolute atomic E-state index is 0.248. The van der Waals surface area contributed by atoms with Gasteiger partial charge in [-0.1, -0.05) is 38.8 Å². The summed E-state index contributed by atoms with van der Waals surface area (Å²) < 4.78 is 0. The van der Waals surface area contributed by atoms with Gasteiger partial charge in [-0.25, -0.2) is 0 Å². The summed E-state index contributed by atoms with van der Waals surface area (Å²) in [6.45, 7) is 5.96. The van der Waals surface area contributed by atoms with Crippen LogP contribution in [0.3, 0.4) is 0 Å². The van der Waals surface area contributed by atoms with Crippen molar-refractivity contribution in [1.82, 2.24) is 0 Å². The Hall–Kier alpha value is -0.590. The van der Waals surface area contributed by atoms with Crippen molar-refractivity contribution in [3.05, 3.63) is 12.2 Å². The van der Waals surface area contributed by atoms with E-state index < -0.39 is 0 Å². The molecule has 0 N–H and O–H groups in total. The van der Waals surface area contributed by atoms with Crippen LogP contribution in [0.25, 0.3) is 0 Å². The van der Waals surface area contributed by atoms with Gasteiger partial charge in [0.15, 0.2) is 0 Å². The predicted octanol–water partition coefficient (Wildman–Crippen LogP) is 3.74. The van der Waals surface area contributed by atoms with Crippen molar-refractivity contribution in [2.75, 3.05) is 0 Å². The Morgan fingerprint density at radius 2 is 2.00 bits per heavy atom. The van der Waals surface area contributed by atoms with Gasteiger partial charge in [0.2, 0.25) is 0 Å². The fourth-order valence-electron chi connectivity index (χ4n) is 1.32. The van der Waals surface area contributed by atoms with Crippen molar-refractivity contribution < 1.29 is 4.79 Å². The van der Waals surface area contributed by atoms with Crippen LogP contribution in [0.4, 0.5) is 0 Å². The lowest BCUT2D eigenvalue weighted by atomic mass is 9.98. The molecular weight excluding hydrogens is 160 g/mol. The number of hydrogen-bond acceptors (Lipinski definition) is 1. The Labute approximate surface area is 82.2 Å². The summed E-state index contributed by atoms with van der Waals surface area (Å²) in [6.07, 6.45) is 9.91. The monoisotopic (exact) mass is 182 g/mol. The lowest BCUT2D eigenvalue weighted by molar-refractivity contribution is -0.120. The molecule has 0 fully saturated rings. The van der Waals surface area contributed by atoms with Gasteiger partial charge in [0, 0.05) is 5.92 Å². The number of ketones is 1. The average molecular weight is 182 g/mol. The van der Waals surface area contributed by atoms with Crippen molar-refractivity contribution in [2.24, 2.45) is 5.92 Å². The maximum atomic E-state index is 11.1. The molecule has 0 spiro atoms. The Balaban J connectivity index is 3.59. The van der Waals surface area contributed by atoms with Gasteiger partial charge in [0.05, 0.1) is 0 Å². The second-order valence-corrected chi connectivity index (χ2v) is 3.57. The predicted molar refractivity (Wildman–Crippen MR) is 57.7 cm³/mol. The van der Waals surface area contributed by atoms with E-state index in [9.17, 15) is 4.79 Å². The molecule has 0 aromatic carbocycles. The van der Waals surface area contributed by atoms with E-state index in [1.165, 1.54) is 12.8 Å². The van der Waals surface area contributed by atoms with E-state index in [4.69, 9.17) is 0 Å². The molecule has 0 aromatic rings. The number of allylic oxidation sites excluding steroid dienone is 2. The van der Waals surface area contributed by atoms with Crippen molar-refractivity contribution >= 4 is 5.78 Å². The smallest absolute Gasteiger partial charge is 0.133 e. The van der Waals surface area contributed by atoms with Crippen LogP contribution < -0.4 is 0 Å². The number of rotatable bonds is 7. The molecule has 1 atom stereocenters. The zero-order valence-corrected chi connectivity index (χ0v) is 9.18. The molecule has 0 bridgehead atoms. The summed E-state index contributed by atoms with van der Waals surface area (Å²) >= 11 is 0. The summed E-state index contributed by atoms with van der Waals surface area (Å²) in [5.74, 6) is 0.570. The molecular formula is C12H22O. The van der Waals surface area contributed by atoms with Crippen molar-refractivity contribution in [1.29, 1.82) is 0 Å². The Morgan fingerprint density at radius 1 is 1.31 bits per heavy atom. The van der Waals surface area contributed by atoms with E-state index in [1.807, 2.05) is 0 Å². The molecule has 0 aliphatic rings. The first-order valence-electron chi connectivity index (χ1n) is 5.37. The minimum atomic E-state index is 0.248. The summed E-state index contributed by atoms with van der Waals surface area (Å²) in [4.78, 5) is 11.1. The summed E-state index contributed by atoms with van der Waals surface area (Å²) in [5.41, 5.74) is 0. The quantitative estimate of drug-likeness (QED) is 0.433. The van der Waals surface area contributed by atoms with Gasteiger partial charge in [-0.3, -0.25) is 4.79 Å². The van der Waals surface area contributed by atoms with Crippen molar-refractivity contribution in [3.8, 4) is 0 Å². The molecule has 0 rings (SSSR count). The molecule has 1 unspecified atom stereocenters. The van der Waals surface area contributed by atoms with E-state index in [-0.39, 0.29) is 5.92 Å². The van der Waals surface area contributed by atoms with Crippen LogP contribution in [0, 0.1) is 5.92 Å². The SMILES string of the molecule is CCCC/C=C/CC(CC)C(C)=O. The van der Waals surface area contributed by atoms with Crippen molar-refractivity contribution in [3.63, 3.8) is 0 Å². The second kappa shape index (κ2) is 8.03. The van der Waals surface area contributed by atoms with Gasteiger partial charge in [0.25, 0.3) is 0 Å². The largest absolute Gasteiger partial charge is 0.300 e. The third-order valence-electron chi connectivity index (χ3n) is 2.38. The van der Waals surface area contributed by atoms with Gasteiger partial charge < -0.3 is 0 Å². The van der Waals surface area contributed by atoms with Gasteiger partial charge in [-0.05, 0) is 26.2 Å². The highest BCUT2D eigenvalue weighted by Crippen LogP contribution is 2.10. The van der Waals surface area contributed by atoms with Crippen LogP contribution in [0.2, 0.25) is 0 Å². The standard InChI is InChI=1S/C12H22O/c1-4-6-7-8-9-10-12(5-2)11(3)13/h8-9,12H,4-7,10H2,1-3H3/b9-8+. The van der Waals surface area contributed by atoms with Gasteiger partial charge in [-0.15, -0.1) is 0 Å². The molecule has 0 amide bonds. The molecule has 0 saturated carbocycles. The highest BCUT2D eigenvalue weighted by molar-refractivity contribution is 5.78. The third-order valence-corrected chi connectivity index (χ3v) is 2.38. The average Bonchev–Trinajstić information content (AvgIpc) is 2.10. The molecule has 1 nitrogen and oxygen atoms in total. The van der Waals surface area contributed by atoms with Gasteiger partial charge in [0.1, 0.15) is 5.78 Å². The molecule has 0 aliphatic carbocycles. The number of Topliss-reactive ketones (excluding diaryl/α,β-unsaturated/α-hetero) is 1. The first-order chi connectivity index (χ1) is 6.22. The topological polar surface area (TPSA) is 17.1 Å². The lowest BCUT2D eigenvalue weighted by Gasteiger charge is -2.06. The molecule has 1 heteroatoms. The van der Waals surface area contributed by atoms with E-state index in [0.717, 1.165) is 19.3 Å². The zero-order valence-electron chi connectivity index (χ0n) is 9.18. The van der Waals surface area contributed by atoms with Crippen LogP contribution in [0.1, 0.15) is 52.9 Å². The van der Waals surface area contributed by atoms with E-state index in [2.05, 4.69) is 26.0 Å². The highest BCUT2D eigenvalue weighted by atomic mass is 16.1. The Kier molecular flexibility index (Phi) is 7.66. The molecule has 0 aromatic heterocycles. The molecule has 76 valence electrons. The lowest BCUT2D eigenvalue weighted by Crippen LogP contribution is -2.07. The maximum Gasteiger partial charge on any atom is 0.133 e. The second-order valence-electron chi connectivity index (χ2n) is 3.57. The van der Waals surface area contributed by atoms with E-state index >= 15 is 0 Å². The van der Waals surface area contributed by atoms with Gasteiger partial charge >= 0.3 is 0 Å². The van der Waals surface area contributed by atoms with Crippen molar-refractivity contribution in [2.45, 2.75) is 52.9 Å². The third kappa shape index (κ3) is 6.56. The maximum absolute atomic E-state index is 11.1. The molecule has 0 heterocycles. The first kappa shape index (κ1) is 12.4. The fraction of sp³-hybridized carbons (Fsp3) is 0.750. The molecule has 0 aliphatic heterocycles. The number of carbonyl (C=O) groups excluding carboxylic acids is 1.